The van der Waals surface area contributed by atoms with Gasteiger partial charge in [-0.05, 0) is 37.1 Å². The summed E-state index contributed by atoms with van der Waals surface area (Å²) in [6.07, 6.45) is 2.51. The molecular formula is C13H21ClN2O. The molecule has 0 aromatic heterocycles. The van der Waals surface area contributed by atoms with E-state index in [4.69, 9.17) is 4.74 Å². The molecule has 0 aliphatic carbocycles. The van der Waals surface area contributed by atoms with Crippen molar-refractivity contribution >= 4 is 18.1 Å². The number of hydrogen-bond donors (Lipinski definition) is 2. The molecule has 2 rings (SSSR count). The Morgan fingerprint density at radius 2 is 2.35 bits per heavy atom. The van der Waals surface area contributed by atoms with Gasteiger partial charge in [-0.3, -0.25) is 0 Å². The summed E-state index contributed by atoms with van der Waals surface area (Å²) in [5.41, 5.74) is 2.42. The quantitative estimate of drug-likeness (QED) is 0.868. The van der Waals surface area contributed by atoms with Crippen LogP contribution in [0.3, 0.4) is 0 Å². The zero-order valence-electron chi connectivity index (χ0n) is 10.2. The van der Waals surface area contributed by atoms with Gasteiger partial charge in [-0.2, -0.15) is 0 Å². The van der Waals surface area contributed by atoms with Crippen LogP contribution in [0.4, 0.5) is 5.69 Å². The Morgan fingerprint density at radius 1 is 1.47 bits per heavy atom. The highest BCUT2D eigenvalue weighted by Crippen LogP contribution is 2.15. The SMILES string of the molecule is COCc1cccc(NC2CCCNC2)c1.Cl. The van der Waals surface area contributed by atoms with E-state index < -0.39 is 0 Å². The van der Waals surface area contributed by atoms with Gasteiger partial charge < -0.3 is 15.4 Å². The van der Waals surface area contributed by atoms with Gasteiger partial charge in [0.15, 0.2) is 0 Å². The maximum absolute atomic E-state index is 5.13. The second kappa shape index (κ2) is 7.54. The van der Waals surface area contributed by atoms with Gasteiger partial charge in [0, 0.05) is 25.4 Å². The van der Waals surface area contributed by atoms with Crippen molar-refractivity contribution in [3.63, 3.8) is 0 Å². The van der Waals surface area contributed by atoms with Crippen LogP contribution >= 0.6 is 12.4 Å². The third-order valence-electron chi connectivity index (χ3n) is 2.91. The Balaban J connectivity index is 0.00000144. The normalized spacial score (nSPS) is 19.5. The molecule has 1 fully saturated rings. The number of hydrogen-bond acceptors (Lipinski definition) is 3. The molecule has 1 aromatic rings. The van der Waals surface area contributed by atoms with Gasteiger partial charge in [0.05, 0.1) is 6.61 Å². The molecule has 1 atom stereocenters. The van der Waals surface area contributed by atoms with Gasteiger partial charge in [-0.25, -0.2) is 0 Å². The maximum atomic E-state index is 5.13. The highest BCUT2D eigenvalue weighted by Gasteiger charge is 2.12. The summed E-state index contributed by atoms with van der Waals surface area (Å²) in [4.78, 5) is 0. The van der Waals surface area contributed by atoms with E-state index in [1.807, 2.05) is 0 Å². The van der Waals surface area contributed by atoms with E-state index in [1.165, 1.54) is 24.1 Å². The summed E-state index contributed by atoms with van der Waals surface area (Å²) in [6, 6.07) is 9.01. The number of nitrogens with one attached hydrogen (secondary N) is 2. The fourth-order valence-corrected chi connectivity index (χ4v) is 2.13. The van der Waals surface area contributed by atoms with Crippen molar-refractivity contribution in [2.45, 2.75) is 25.5 Å². The molecule has 4 heteroatoms. The monoisotopic (exact) mass is 256 g/mol. The van der Waals surface area contributed by atoms with Crippen molar-refractivity contribution in [1.82, 2.24) is 5.32 Å². The van der Waals surface area contributed by atoms with Crippen LogP contribution in [-0.2, 0) is 11.3 Å². The molecule has 1 heterocycles. The molecule has 1 aliphatic rings. The first kappa shape index (κ1) is 14.3. The van der Waals surface area contributed by atoms with E-state index in [0.29, 0.717) is 12.6 Å². The van der Waals surface area contributed by atoms with E-state index in [1.54, 1.807) is 7.11 Å². The molecular weight excluding hydrogens is 236 g/mol. The molecule has 2 N–H and O–H groups in total. The lowest BCUT2D eigenvalue weighted by atomic mass is 10.1. The first-order valence-corrected chi connectivity index (χ1v) is 5.93. The average Bonchev–Trinajstić information content (AvgIpc) is 2.31. The van der Waals surface area contributed by atoms with Crippen molar-refractivity contribution in [2.75, 3.05) is 25.5 Å². The van der Waals surface area contributed by atoms with E-state index in [-0.39, 0.29) is 12.4 Å². The highest BCUT2D eigenvalue weighted by molar-refractivity contribution is 5.85. The average molecular weight is 257 g/mol. The van der Waals surface area contributed by atoms with Gasteiger partial charge in [-0.15, -0.1) is 12.4 Å². The zero-order valence-corrected chi connectivity index (χ0v) is 11.1. The minimum absolute atomic E-state index is 0. The molecule has 0 radical (unpaired) electrons. The lowest BCUT2D eigenvalue weighted by molar-refractivity contribution is 0.185. The van der Waals surface area contributed by atoms with Crippen LogP contribution in [0, 0.1) is 0 Å². The smallest absolute Gasteiger partial charge is 0.0713 e. The minimum atomic E-state index is 0. The van der Waals surface area contributed by atoms with Crippen molar-refractivity contribution in [3.8, 4) is 0 Å². The number of rotatable bonds is 4. The Labute approximate surface area is 109 Å². The van der Waals surface area contributed by atoms with E-state index >= 15 is 0 Å². The summed E-state index contributed by atoms with van der Waals surface area (Å²) < 4.78 is 5.13. The van der Waals surface area contributed by atoms with E-state index in [0.717, 1.165) is 13.1 Å². The molecule has 0 bridgehead atoms. The third-order valence-corrected chi connectivity index (χ3v) is 2.91. The van der Waals surface area contributed by atoms with Gasteiger partial charge in [0.2, 0.25) is 0 Å². The molecule has 1 saturated heterocycles. The Morgan fingerprint density at radius 3 is 3.06 bits per heavy atom. The highest BCUT2D eigenvalue weighted by atomic mass is 35.5. The maximum Gasteiger partial charge on any atom is 0.0713 e. The van der Waals surface area contributed by atoms with Gasteiger partial charge in [0.25, 0.3) is 0 Å². The largest absolute Gasteiger partial charge is 0.381 e. The van der Waals surface area contributed by atoms with Crippen LogP contribution < -0.4 is 10.6 Å². The number of methoxy groups -OCH3 is 1. The summed E-state index contributed by atoms with van der Waals surface area (Å²) in [6.45, 7) is 2.90. The molecule has 1 aromatic carbocycles. The second-order valence-electron chi connectivity index (χ2n) is 4.32. The molecule has 17 heavy (non-hydrogen) atoms. The summed E-state index contributed by atoms with van der Waals surface area (Å²) in [7, 11) is 1.73. The molecule has 0 spiro atoms. The molecule has 0 saturated carbocycles. The van der Waals surface area contributed by atoms with E-state index in [9.17, 15) is 0 Å². The van der Waals surface area contributed by atoms with Crippen LogP contribution in [0.5, 0.6) is 0 Å². The standard InChI is InChI=1S/C13H20N2O.ClH/c1-16-10-11-4-2-5-12(8-11)15-13-6-3-7-14-9-13;/h2,4-5,8,13-15H,3,6-7,9-10H2,1H3;1H. The fraction of sp³-hybridized carbons (Fsp3) is 0.538. The summed E-state index contributed by atoms with van der Waals surface area (Å²) in [5, 5.41) is 6.97. The number of anilines is 1. The van der Waals surface area contributed by atoms with Crippen LogP contribution in [0.2, 0.25) is 0 Å². The van der Waals surface area contributed by atoms with Crippen LogP contribution in [0.25, 0.3) is 0 Å². The van der Waals surface area contributed by atoms with Gasteiger partial charge in [0.1, 0.15) is 0 Å². The Kier molecular flexibility index (Phi) is 6.34. The van der Waals surface area contributed by atoms with Crippen molar-refractivity contribution < 1.29 is 4.74 Å². The molecule has 1 aliphatic heterocycles. The Bertz CT molecular complexity index is 327. The van der Waals surface area contributed by atoms with Crippen molar-refractivity contribution in [1.29, 1.82) is 0 Å². The molecule has 3 nitrogen and oxygen atoms in total. The predicted octanol–water partition coefficient (Wildman–Crippen LogP) is 2.42. The summed E-state index contributed by atoms with van der Waals surface area (Å²) in [5.74, 6) is 0. The summed E-state index contributed by atoms with van der Waals surface area (Å²) >= 11 is 0. The first-order valence-electron chi connectivity index (χ1n) is 5.93. The van der Waals surface area contributed by atoms with Crippen LogP contribution in [0.15, 0.2) is 24.3 Å². The minimum Gasteiger partial charge on any atom is -0.381 e. The fourth-order valence-electron chi connectivity index (χ4n) is 2.13. The molecule has 0 amide bonds. The van der Waals surface area contributed by atoms with Crippen LogP contribution in [0.1, 0.15) is 18.4 Å². The van der Waals surface area contributed by atoms with Gasteiger partial charge >= 0.3 is 0 Å². The first-order chi connectivity index (χ1) is 7.88. The number of ether oxygens (including phenoxy) is 1. The molecule has 1 unspecified atom stereocenters. The zero-order chi connectivity index (χ0) is 11.2. The topological polar surface area (TPSA) is 33.3 Å². The lowest BCUT2D eigenvalue weighted by Crippen LogP contribution is -2.38. The van der Waals surface area contributed by atoms with E-state index in [2.05, 4.69) is 34.9 Å². The molecule has 96 valence electrons. The number of halogens is 1. The third kappa shape index (κ3) is 4.54. The second-order valence-corrected chi connectivity index (χ2v) is 4.32. The lowest BCUT2D eigenvalue weighted by Gasteiger charge is -2.25. The van der Waals surface area contributed by atoms with Crippen molar-refractivity contribution in [2.24, 2.45) is 0 Å². The van der Waals surface area contributed by atoms with Gasteiger partial charge in [-0.1, -0.05) is 12.1 Å². The Hall–Kier alpha value is -0.770. The van der Waals surface area contributed by atoms with Crippen LogP contribution in [-0.4, -0.2) is 26.2 Å². The van der Waals surface area contributed by atoms with Crippen molar-refractivity contribution in [3.05, 3.63) is 29.8 Å². The number of benzene rings is 1. The predicted molar refractivity (Wildman–Crippen MR) is 73.9 cm³/mol. The number of piperidine rings is 1.